The fraction of sp³-hybridized carbons (Fsp3) is 0.786. The Balaban J connectivity index is 5.13. The van der Waals surface area contributed by atoms with E-state index in [-0.39, 0.29) is 5.57 Å². The minimum absolute atomic E-state index is 0.0301. The standard InChI is InChI=1S/C14H17F9O2/c1-8(2)9(24)25-7-10(3,4)5-6-11(15,16)12(17,18)13(19,20)14(21,22)23/h1,5-7H2,2-4H3. The fourth-order valence-corrected chi connectivity index (χ4v) is 1.52. The smallest absolute Gasteiger partial charge is 0.460 e. The van der Waals surface area contributed by atoms with Crippen molar-refractivity contribution in [1.82, 2.24) is 0 Å². The molecule has 0 aromatic rings. The molecule has 0 bridgehead atoms. The summed E-state index contributed by atoms with van der Waals surface area (Å²) in [7, 11) is 0. The van der Waals surface area contributed by atoms with Crippen molar-refractivity contribution in [1.29, 1.82) is 0 Å². The second-order valence-electron chi connectivity index (χ2n) is 6.37. The summed E-state index contributed by atoms with van der Waals surface area (Å²) < 4.78 is 119. The van der Waals surface area contributed by atoms with Crippen molar-refractivity contribution in [2.24, 2.45) is 5.41 Å². The molecule has 0 aliphatic heterocycles. The molecular weight excluding hydrogens is 371 g/mol. The van der Waals surface area contributed by atoms with E-state index in [0.29, 0.717) is 0 Å². The van der Waals surface area contributed by atoms with E-state index in [0.717, 1.165) is 0 Å². The first kappa shape index (κ1) is 23.6. The summed E-state index contributed by atoms with van der Waals surface area (Å²) in [5.41, 5.74) is -1.41. The third-order valence-electron chi connectivity index (χ3n) is 3.27. The number of esters is 1. The van der Waals surface area contributed by atoms with Gasteiger partial charge in [-0.25, -0.2) is 4.79 Å². The molecule has 0 amide bonds. The van der Waals surface area contributed by atoms with Crippen molar-refractivity contribution in [2.45, 2.75) is 57.6 Å². The molecule has 0 fully saturated rings. The molecule has 11 heteroatoms. The van der Waals surface area contributed by atoms with Crippen molar-refractivity contribution < 1.29 is 49.0 Å². The van der Waals surface area contributed by atoms with Gasteiger partial charge in [-0.3, -0.25) is 0 Å². The van der Waals surface area contributed by atoms with Gasteiger partial charge in [-0.1, -0.05) is 20.4 Å². The third-order valence-corrected chi connectivity index (χ3v) is 3.27. The van der Waals surface area contributed by atoms with Crippen LogP contribution in [0.15, 0.2) is 12.2 Å². The van der Waals surface area contributed by atoms with Gasteiger partial charge in [-0.15, -0.1) is 0 Å². The van der Waals surface area contributed by atoms with E-state index in [9.17, 15) is 44.3 Å². The van der Waals surface area contributed by atoms with Crippen molar-refractivity contribution in [3.63, 3.8) is 0 Å². The highest BCUT2D eigenvalue weighted by Crippen LogP contribution is 2.54. The molecule has 0 atom stereocenters. The highest BCUT2D eigenvalue weighted by atomic mass is 19.4. The van der Waals surface area contributed by atoms with Crippen LogP contribution < -0.4 is 0 Å². The lowest BCUT2D eigenvalue weighted by atomic mass is 9.85. The predicted molar refractivity (Wildman–Crippen MR) is 69.7 cm³/mol. The number of hydrogen-bond acceptors (Lipinski definition) is 2. The van der Waals surface area contributed by atoms with Crippen LogP contribution in [0.4, 0.5) is 39.5 Å². The third kappa shape index (κ3) is 5.27. The number of halogens is 9. The van der Waals surface area contributed by atoms with E-state index >= 15 is 0 Å². The van der Waals surface area contributed by atoms with Crippen LogP contribution in [0.25, 0.3) is 0 Å². The average molecular weight is 388 g/mol. The summed E-state index contributed by atoms with van der Waals surface area (Å²) in [5, 5.41) is 0. The topological polar surface area (TPSA) is 26.3 Å². The Morgan fingerprint density at radius 1 is 0.880 bits per heavy atom. The largest absolute Gasteiger partial charge is 0.462 e. The minimum Gasteiger partial charge on any atom is -0.462 e. The van der Waals surface area contributed by atoms with E-state index in [1.165, 1.54) is 20.8 Å². The number of hydrogen-bond donors (Lipinski definition) is 0. The van der Waals surface area contributed by atoms with Gasteiger partial charge in [0.05, 0.1) is 6.61 Å². The van der Waals surface area contributed by atoms with Crippen LogP contribution in [-0.2, 0) is 9.53 Å². The molecule has 0 aromatic carbocycles. The van der Waals surface area contributed by atoms with Gasteiger partial charge < -0.3 is 4.74 Å². The highest BCUT2D eigenvalue weighted by Gasteiger charge is 2.81. The predicted octanol–water partition coefficient (Wildman–Crippen LogP) is 5.38. The molecule has 0 spiro atoms. The molecule has 25 heavy (non-hydrogen) atoms. The quantitative estimate of drug-likeness (QED) is 0.317. The maximum absolute atomic E-state index is 13.4. The Hall–Kier alpha value is -1.42. The first-order valence-corrected chi connectivity index (χ1v) is 6.81. The second kappa shape index (κ2) is 7.06. The summed E-state index contributed by atoms with van der Waals surface area (Å²) in [5.74, 6) is -20.1. The lowest BCUT2D eigenvalue weighted by Gasteiger charge is -2.35. The monoisotopic (exact) mass is 388 g/mol. The number of rotatable bonds is 8. The normalized spacial score (nSPS) is 14.4. The zero-order valence-electron chi connectivity index (χ0n) is 13.5. The van der Waals surface area contributed by atoms with E-state index in [4.69, 9.17) is 0 Å². The summed E-state index contributed by atoms with van der Waals surface area (Å²) >= 11 is 0. The lowest BCUT2D eigenvalue weighted by Crippen LogP contribution is -2.60. The van der Waals surface area contributed by atoms with Gasteiger partial charge in [0.1, 0.15) is 0 Å². The summed E-state index contributed by atoms with van der Waals surface area (Å²) in [4.78, 5) is 11.2. The second-order valence-corrected chi connectivity index (χ2v) is 6.37. The maximum Gasteiger partial charge on any atom is 0.460 e. The molecular formula is C14H17F9O2. The maximum atomic E-state index is 13.4. The minimum atomic E-state index is -6.90. The molecule has 0 N–H and O–H groups in total. The highest BCUT2D eigenvalue weighted by molar-refractivity contribution is 5.86. The SMILES string of the molecule is C=C(C)C(=O)OCC(C)(C)CCC(F)(F)C(F)(F)C(F)(F)C(F)(F)F. The number of carbonyl (C=O) groups excluding carboxylic acids is 1. The molecule has 0 unspecified atom stereocenters. The van der Waals surface area contributed by atoms with Gasteiger partial charge in [0.15, 0.2) is 0 Å². The Morgan fingerprint density at radius 3 is 1.68 bits per heavy atom. The van der Waals surface area contributed by atoms with E-state index in [1.807, 2.05) is 0 Å². The van der Waals surface area contributed by atoms with Crippen LogP contribution in [0, 0.1) is 5.41 Å². The molecule has 2 nitrogen and oxygen atoms in total. The average Bonchev–Trinajstić information content (AvgIpc) is 2.41. The molecule has 0 aromatic heterocycles. The Labute approximate surface area is 138 Å². The molecule has 0 saturated carbocycles. The van der Waals surface area contributed by atoms with Crippen LogP contribution >= 0.6 is 0 Å². The first-order chi connectivity index (χ1) is 10.8. The number of alkyl halides is 9. The molecule has 0 rings (SSSR count). The molecule has 0 aliphatic rings. The van der Waals surface area contributed by atoms with Crippen LogP contribution in [-0.4, -0.2) is 36.5 Å². The van der Waals surface area contributed by atoms with E-state index < -0.39 is 54.8 Å². The molecule has 0 aliphatic carbocycles. The Morgan fingerprint density at radius 2 is 1.32 bits per heavy atom. The van der Waals surface area contributed by atoms with Gasteiger partial charge >= 0.3 is 29.9 Å². The van der Waals surface area contributed by atoms with Gasteiger partial charge in [0.2, 0.25) is 0 Å². The zero-order valence-corrected chi connectivity index (χ0v) is 13.5. The van der Waals surface area contributed by atoms with Crippen molar-refractivity contribution in [2.75, 3.05) is 6.61 Å². The molecule has 0 radical (unpaired) electrons. The molecule has 148 valence electrons. The van der Waals surface area contributed by atoms with Crippen LogP contribution in [0.2, 0.25) is 0 Å². The summed E-state index contributed by atoms with van der Waals surface area (Å²) in [6.45, 7) is 6.35. The van der Waals surface area contributed by atoms with Crippen LogP contribution in [0.3, 0.4) is 0 Å². The van der Waals surface area contributed by atoms with Crippen molar-refractivity contribution >= 4 is 5.97 Å². The molecule has 0 heterocycles. The van der Waals surface area contributed by atoms with Crippen molar-refractivity contribution in [3.8, 4) is 0 Å². The van der Waals surface area contributed by atoms with Gasteiger partial charge in [0.25, 0.3) is 0 Å². The Bertz CT molecular complexity index is 507. The van der Waals surface area contributed by atoms with Gasteiger partial charge in [-0.05, 0) is 18.8 Å². The zero-order chi connectivity index (χ0) is 20.5. The summed E-state index contributed by atoms with van der Waals surface area (Å²) in [6.07, 6.45) is -9.72. The fourth-order valence-electron chi connectivity index (χ4n) is 1.52. The van der Waals surface area contributed by atoms with Gasteiger partial charge in [-0.2, -0.15) is 39.5 Å². The van der Waals surface area contributed by atoms with E-state index in [1.54, 1.807) is 0 Å². The summed E-state index contributed by atoms with van der Waals surface area (Å²) in [6, 6.07) is 0. The van der Waals surface area contributed by atoms with Crippen molar-refractivity contribution in [3.05, 3.63) is 12.2 Å². The van der Waals surface area contributed by atoms with Gasteiger partial charge in [0, 0.05) is 12.0 Å². The van der Waals surface area contributed by atoms with Crippen LogP contribution in [0.5, 0.6) is 0 Å². The lowest BCUT2D eigenvalue weighted by molar-refractivity contribution is -0.397. The van der Waals surface area contributed by atoms with Crippen LogP contribution in [0.1, 0.15) is 33.6 Å². The molecule has 0 saturated heterocycles. The van der Waals surface area contributed by atoms with E-state index in [2.05, 4.69) is 11.3 Å². The first-order valence-electron chi connectivity index (χ1n) is 6.81. The number of ether oxygens (including phenoxy) is 1. The number of carbonyl (C=O) groups is 1. The Kier molecular flexibility index (Phi) is 6.66.